The number of benzene rings is 1. The Balaban J connectivity index is 2.89. The third-order valence-corrected chi connectivity index (χ3v) is 5.58. The van der Waals surface area contributed by atoms with Gasteiger partial charge < -0.3 is 4.74 Å². The van der Waals surface area contributed by atoms with Crippen LogP contribution >= 0.6 is 0 Å². The van der Waals surface area contributed by atoms with E-state index in [2.05, 4.69) is 41.5 Å². The highest BCUT2D eigenvalue weighted by molar-refractivity contribution is 7.85. The molecule has 27 heavy (non-hydrogen) atoms. The third kappa shape index (κ3) is 8.65. The zero-order chi connectivity index (χ0) is 20.7. The maximum atomic E-state index is 11.8. The predicted octanol–water partition coefficient (Wildman–Crippen LogP) is 6.26. The summed E-state index contributed by atoms with van der Waals surface area (Å²) in [6, 6.07) is 5.03. The summed E-state index contributed by atoms with van der Waals surface area (Å²) < 4.78 is 41.0. The Kier molecular flexibility index (Phi) is 8.81. The van der Waals surface area contributed by atoms with E-state index in [9.17, 15) is 13.0 Å². The minimum Gasteiger partial charge on any atom is -0.492 e. The molecule has 0 spiro atoms. The molecule has 0 atom stereocenters. The summed E-state index contributed by atoms with van der Waals surface area (Å²) in [7, 11) is -4.59. The van der Waals surface area contributed by atoms with Gasteiger partial charge in [0, 0.05) is 0 Å². The lowest BCUT2D eigenvalue weighted by Crippen LogP contribution is -2.25. The van der Waals surface area contributed by atoms with Crippen LogP contribution in [-0.4, -0.2) is 15.0 Å². The van der Waals surface area contributed by atoms with E-state index in [0.717, 1.165) is 31.2 Å². The molecule has 0 saturated heterocycles. The Morgan fingerprint density at radius 1 is 0.926 bits per heavy atom. The van der Waals surface area contributed by atoms with E-state index in [1.165, 1.54) is 25.3 Å². The van der Waals surface area contributed by atoms with Gasteiger partial charge in [0.15, 0.2) is 0 Å². The first-order valence-corrected chi connectivity index (χ1v) is 11.5. The molecule has 155 valence electrons. The number of rotatable bonds is 11. The van der Waals surface area contributed by atoms with Gasteiger partial charge in [-0.05, 0) is 41.4 Å². The van der Waals surface area contributed by atoms with Crippen molar-refractivity contribution in [3.63, 3.8) is 0 Å². The van der Waals surface area contributed by atoms with Gasteiger partial charge in [0.25, 0.3) is 0 Å². The predicted molar refractivity (Wildman–Crippen MR) is 110 cm³/mol. The summed E-state index contributed by atoms with van der Waals surface area (Å²) in [5.74, 6) is 0.175. The largest absolute Gasteiger partial charge is 0.492 e. The average molecular weight is 398 g/mol. The first kappa shape index (κ1) is 24.0. The molecule has 5 heteroatoms. The van der Waals surface area contributed by atoms with E-state index >= 15 is 0 Å². The summed E-state index contributed by atoms with van der Waals surface area (Å²) in [6.07, 6.45) is 7.61. The zero-order valence-corrected chi connectivity index (χ0v) is 18.7. The second-order valence-corrected chi connectivity index (χ2v) is 10.7. The second kappa shape index (κ2) is 9.92. The van der Waals surface area contributed by atoms with Crippen molar-refractivity contribution < 1.29 is 17.7 Å². The summed E-state index contributed by atoms with van der Waals surface area (Å²) in [4.78, 5) is -0.243. The molecule has 0 aliphatic carbocycles. The standard InChI is InChI=1S/C22H37O4S/c1-7-8-9-10-11-12-15-26-19-14-13-18(16-20(19)27(23,24)25)22(5,6)17-21(2,3)4/h13-14,16H,7-12,15,17H2,1-6H3. The number of unbranched alkanes of at least 4 members (excludes halogenated alkanes) is 5. The van der Waals surface area contributed by atoms with Crippen LogP contribution in [0.25, 0.3) is 0 Å². The fourth-order valence-electron chi connectivity index (χ4n) is 3.74. The van der Waals surface area contributed by atoms with E-state index < -0.39 is 10.1 Å². The normalized spacial score (nSPS) is 13.0. The molecule has 0 bridgehead atoms. The van der Waals surface area contributed by atoms with Gasteiger partial charge in [-0.25, -0.2) is 0 Å². The maximum Gasteiger partial charge on any atom is 0.327 e. The topological polar surface area (TPSA) is 63.3 Å². The fourth-order valence-corrected chi connectivity index (χ4v) is 4.38. The van der Waals surface area contributed by atoms with Gasteiger partial charge >= 0.3 is 10.1 Å². The number of hydrogen-bond acceptors (Lipinski definition) is 3. The van der Waals surface area contributed by atoms with Crippen LogP contribution in [0.2, 0.25) is 0 Å². The molecule has 1 rings (SSSR count). The molecule has 4 nitrogen and oxygen atoms in total. The van der Waals surface area contributed by atoms with Crippen LogP contribution in [0.15, 0.2) is 23.1 Å². The van der Waals surface area contributed by atoms with Gasteiger partial charge in [0.2, 0.25) is 0 Å². The molecule has 1 aromatic rings. The summed E-state index contributed by atoms with van der Waals surface area (Å²) in [5, 5.41) is 0. The van der Waals surface area contributed by atoms with Crippen molar-refractivity contribution >= 4 is 10.1 Å². The van der Waals surface area contributed by atoms with Crippen LogP contribution in [-0.2, 0) is 20.1 Å². The quantitative estimate of drug-likeness (QED) is 0.414. The van der Waals surface area contributed by atoms with Crippen molar-refractivity contribution in [3.05, 3.63) is 23.8 Å². The Hall–Kier alpha value is -1.07. The van der Waals surface area contributed by atoms with Crippen molar-refractivity contribution in [2.45, 2.75) is 96.8 Å². The van der Waals surface area contributed by atoms with Crippen molar-refractivity contribution in [1.82, 2.24) is 0 Å². The lowest BCUT2D eigenvalue weighted by molar-refractivity contribution is 0.281. The maximum absolute atomic E-state index is 11.8. The minimum atomic E-state index is -4.59. The smallest absolute Gasteiger partial charge is 0.327 e. The summed E-state index contributed by atoms with van der Waals surface area (Å²) >= 11 is 0. The molecular formula is C22H37O4S. The molecule has 1 radical (unpaired) electrons. The van der Waals surface area contributed by atoms with Gasteiger partial charge in [-0.15, -0.1) is 0 Å². The SMILES string of the molecule is CCCCCCCCOc1ccc(C(C)(C)CC(C)(C)C)cc1S([O])(=O)=O. The van der Waals surface area contributed by atoms with Crippen molar-refractivity contribution in [3.8, 4) is 5.75 Å². The van der Waals surface area contributed by atoms with Crippen molar-refractivity contribution in [2.75, 3.05) is 6.61 Å². The Bertz CT molecular complexity index is 685. The van der Waals surface area contributed by atoms with Crippen LogP contribution in [0.4, 0.5) is 0 Å². The van der Waals surface area contributed by atoms with Crippen LogP contribution in [0.1, 0.15) is 92.1 Å². The molecule has 0 aliphatic heterocycles. The van der Waals surface area contributed by atoms with Crippen molar-refractivity contribution in [1.29, 1.82) is 0 Å². The lowest BCUT2D eigenvalue weighted by Gasteiger charge is -2.33. The first-order chi connectivity index (χ1) is 12.4. The Morgan fingerprint density at radius 3 is 2.07 bits per heavy atom. The molecule has 0 unspecified atom stereocenters. The average Bonchev–Trinajstić information content (AvgIpc) is 2.50. The summed E-state index contributed by atoms with van der Waals surface area (Å²) in [5.41, 5.74) is 0.696. The lowest BCUT2D eigenvalue weighted by atomic mass is 9.72. The van der Waals surface area contributed by atoms with Crippen LogP contribution in [0, 0.1) is 5.41 Å². The number of hydrogen-bond donors (Lipinski definition) is 0. The van der Waals surface area contributed by atoms with Crippen LogP contribution < -0.4 is 4.74 Å². The van der Waals surface area contributed by atoms with Gasteiger partial charge in [-0.1, -0.05) is 84.3 Å². The molecule has 0 saturated carbocycles. The highest BCUT2D eigenvalue weighted by Gasteiger charge is 2.29. The Labute approximate surface area is 166 Å². The van der Waals surface area contributed by atoms with Gasteiger partial charge in [0.1, 0.15) is 10.6 Å². The van der Waals surface area contributed by atoms with Gasteiger partial charge in [0.05, 0.1) is 6.61 Å². The zero-order valence-electron chi connectivity index (χ0n) is 17.9. The molecule has 0 fully saturated rings. The molecule has 0 aromatic heterocycles. The third-order valence-electron chi connectivity index (χ3n) is 4.72. The monoisotopic (exact) mass is 397 g/mol. The van der Waals surface area contributed by atoms with E-state index in [1.54, 1.807) is 6.07 Å². The van der Waals surface area contributed by atoms with Crippen molar-refractivity contribution in [2.24, 2.45) is 5.41 Å². The van der Waals surface area contributed by atoms with E-state index in [-0.39, 0.29) is 21.5 Å². The highest BCUT2D eigenvalue weighted by atomic mass is 32.2. The minimum absolute atomic E-state index is 0.0902. The second-order valence-electron chi connectivity index (χ2n) is 9.35. The molecule has 0 N–H and O–H groups in total. The number of ether oxygens (including phenoxy) is 1. The van der Waals surface area contributed by atoms with E-state index in [4.69, 9.17) is 4.74 Å². The van der Waals surface area contributed by atoms with Crippen LogP contribution in [0.3, 0.4) is 0 Å². The first-order valence-electron chi connectivity index (χ1n) is 10.1. The highest BCUT2D eigenvalue weighted by Crippen LogP contribution is 2.38. The molecule has 0 heterocycles. The van der Waals surface area contributed by atoms with Crippen LogP contribution in [0.5, 0.6) is 5.75 Å². The van der Waals surface area contributed by atoms with Gasteiger partial charge in [-0.3, -0.25) is 0 Å². The van der Waals surface area contributed by atoms with E-state index in [1.807, 2.05) is 6.07 Å². The molecule has 1 aromatic carbocycles. The Morgan fingerprint density at radius 2 is 1.52 bits per heavy atom. The molecular weight excluding hydrogens is 360 g/mol. The summed E-state index contributed by atoms with van der Waals surface area (Å²) in [6.45, 7) is 13.2. The fraction of sp³-hybridized carbons (Fsp3) is 0.727. The molecule has 0 aliphatic rings. The van der Waals surface area contributed by atoms with E-state index in [0.29, 0.717) is 6.61 Å². The molecule has 0 amide bonds. The van der Waals surface area contributed by atoms with Gasteiger partial charge in [-0.2, -0.15) is 8.42 Å².